The van der Waals surface area contributed by atoms with Crippen LogP contribution in [0.15, 0.2) is 58.3 Å². The Morgan fingerprint density at radius 3 is 2.57 bits per heavy atom. The number of hydrogen-bond donors (Lipinski definition) is 2. The van der Waals surface area contributed by atoms with Crippen molar-refractivity contribution in [1.29, 1.82) is 0 Å². The van der Waals surface area contributed by atoms with Crippen molar-refractivity contribution in [3.05, 3.63) is 69.2 Å². The van der Waals surface area contributed by atoms with Gasteiger partial charge >= 0.3 is 0 Å². The van der Waals surface area contributed by atoms with Crippen LogP contribution >= 0.6 is 11.3 Å². The van der Waals surface area contributed by atoms with E-state index < -0.39 is 0 Å². The SMILES string of the molecule is O=c1[nH]ccc2[nH]c3cc(-c4ccccc4)sc3c(=O)c12. The molecular weight excluding hydrogens is 284 g/mol. The monoisotopic (exact) mass is 294 g/mol. The highest BCUT2D eigenvalue weighted by molar-refractivity contribution is 7.22. The second-order valence-corrected chi connectivity index (χ2v) is 5.82. The molecule has 0 atom stereocenters. The number of thiophene rings is 1. The molecule has 0 aliphatic rings. The van der Waals surface area contributed by atoms with E-state index in [0.29, 0.717) is 10.2 Å². The van der Waals surface area contributed by atoms with Crippen molar-refractivity contribution in [3.8, 4) is 10.4 Å². The molecular formula is C16H10N2O2S. The first-order chi connectivity index (χ1) is 10.2. The fourth-order valence-electron chi connectivity index (χ4n) is 2.46. The van der Waals surface area contributed by atoms with E-state index in [1.807, 2.05) is 36.4 Å². The maximum atomic E-state index is 12.5. The number of nitrogens with one attached hydrogen (secondary N) is 2. The number of benzene rings is 1. The van der Waals surface area contributed by atoms with E-state index in [9.17, 15) is 9.59 Å². The van der Waals surface area contributed by atoms with Gasteiger partial charge < -0.3 is 9.97 Å². The Bertz CT molecular complexity index is 1070. The number of pyridine rings is 2. The van der Waals surface area contributed by atoms with Crippen LogP contribution in [-0.4, -0.2) is 9.97 Å². The summed E-state index contributed by atoms with van der Waals surface area (Å²) in [7, 11) is 0. The van der Waals surface area contributed by atoms with Crippen LogP contribution in [0.3, 0.4) is 0 Å². The van der Waals surface area contributed by atoms with E-state index in [2.05, 4.69) is 9.97 Å². The Morgan fingerprint density at radius 1 is 0.952 bits per heavy atom. The zero-order valence-electron chi connectivity index (χ0n) is 10.8. The van der Waals surface area contributed by atoms with Crippen LogP contribution in [0, 0.1) is 0 Å². The summed E-state index contributed by atoms with van der Waals surface area (Å²) in [4.78, 5) is 31.1. The summed E-state index contributed by atoms with van der Waals surface area (Å²) < 4.78 is 0.582. The van der Waals surface area contributed by atoms with Crippen molar-refractivity contribution in [2.45, 2.75) is 0 Å². The van der Waals surface area contributed by atoms with Crippen molar-refractivity contribution < 1.29 is 0 Å². The summed E-state index contributed by atoms with van der Waals surface area (Å²) in [5.74, 6) is 0. The average molecular weight is 294 g/mol. The van der Waals surface area contributed by atoms with Crippen molar-refractivity contribution in [1.82, 2.24) is 9.97 Å². The van der Waals surface area contributed by atoms with Gasteiger partial charge in [0, 0.05) is 11.1 Å². The lowest BCUT2D eigenvalue weighted by Gasteiger charge is -1.96. The number of rotatable bonds is 1. The molecule has 0 unspecified atom stereocenters. The first kappa shape index (κ1) is 12.1. The third kappa shape index (κ3) is 1.82. The molecule has 4 nitrogen and oxygen atoms in total. The zero-order valence-corrected chi connectivity index (χ0v) is 11.7. The molecule has 0 fully saturated rings. The molecule has 21 heavy (non-hydrogen) atoms. The molecule has 2 N–H and O–H groups in total. The van der Waals surface area contributed by atoms with Crippen LogP contribution < -0.4 is 11.0 Å². The Hall–Kier alpha value is -2.66. The van der Waals surface area contributed by atoms with E-state index in [4.69, 9.17) is 0 Å². The molecule has 4 rings (SSSR count). The minimum atomic E-state index is -0.356. The number of hydrogen-bond acceptors (Lipinski definition) is 3. The van der Waals surface area contributed by atoms with Crippen molar-refractivity contribution in [2.75, 3.05) is 0 Å². The summed E-state index contributed by atoms with van der Waals surface area (Å²) in [6, 6.07) is 13.5. The first-order valence-electron chi connectivity index (χ1n) is 6.47. The zero-order chi connectivity index (χ0) is 14.4. The lowest BCUT2D eigenvalue weighted by Crippen LogP contribution is -2.15. The summed E-state index contributed by atoms with van der Waals surface area (Å²) in [5, 5.41) is 0.187. The second-order valence-electron chi connectivity index (χ2n) is 4.77. The average Bonchev–Trinajstić information content (AvgIpc) is 2.93. The molecule has 0 radical (unpaired) electrons. The van der Waals surface area contributed by atoms with Crippen LogP contribution in [0.5, 0.6) is 0 Å². The first-order valence-corrected chi connectivity index (χ1v) is 7.28. The second kappa shape index (κ2) is 4.43. The van der Waals surface area contributed by atoms with Gasteiger partial charge in [-0.1, -0.05) is 30.3 Å². The lowest BCUT2D eigenvalue weighted by molar-refractivity contribution is 1.26. The Balaban J connectivity index is 2.11. The van der Waals surface area contributed by atoms with Gasteiger partial charge in [-0.25, -0.2) is 0 Å². The molecule has 0 spiro atoms. The van der Waals surface area contributed by atoms with E-state index in [1.165, 1.54) is 17.5 Å². The third-order valence-corrected chi connectivity index (χ3v) is 4.64. The molecule has 3 aromatic heterocycles. The van der Waals surface area contributed by atoms with Gasteiger partial charge in [-0.3, -0.25) is 9.59 Å². The normalized spacial score (nSPS) is 11.2. The van der Waals surface area contributed by atoms with Crippen molar-refractivity contribution in [2.24, 2.45) is 0 Å². The maximum Gasteiger partial charge on any atom is 0.261 e. The highest BCUT2D eigenvalue weighted by Crippen LogP contribution is 2.31. The topological polar surface area (TPSA) is 65.7 Å². The van der Waals surface area contributed by atoms with E-state index in [0.717, 1.165) is 16.0 Å². The molecule has 0 amide bonds. The van der Waals surface area contributed by atoms with E-state index in [-0.39, 0.29) is 16.4 Å². The van der Waals surface area contributed by atoms with Crippen LogP contribution in [0.2, 0.25) is 0 Å². The standard InChI is InChI=1S/C16H10N2O2S/c19-14-13-10(6-7-17-16(13)20)18-11-8-12(21-15(11)14)9-4-2-1-3-5-9/h1-8H,(H,17,20)(H,18,19). The maximum absolute atomic E-state index is 12.5. The summed E-state index contributed by atoms with van der Waals surface area (Å²) >= 11 is 1.40. The molecule has 5 heteroatoms. The molecule has 4 aromatic rings. The molecule has 3 heterocycles. The molecule has 0 saturated carbocycles. The Kier molecular flexibility index (Phi) is 2.55. The van der Waals surface area contributed by atoms with Gasteiger partial charge in [0.2, 0.25) is 5.43 Å². The van der Waals surface area contributed by atoms with Crippen molar-refractivity contribution >= 4 is 32.5 Å². The van der Waals surface area contributed by atoms with Gasteiger partial charge in [-0.15, -0.1) is 11.3 Å². The van der Waals surface area contributed by atoms with Gasteiger partial charge in [-0.05, 0) is 17.7 Å². The minimum Gasteiger partial charge on any atom is -0.353 e. The van der Waals surface area contributed by atoms with Gasteiger partial charge in [0.05, 0.1) is 15.7 Å². The van der Waals surface area contributed by atoms with Crippen molar-refractivity contribution in [3.63, 3.8) is 0 Å². The summed E-state index contributed by atoms with van der Waals surface area (Å²) in [6.07, 6.45) is 1.54. The smallest absolute Gasteiger partial charge is 0.261 e. The summed E-state index contributed by atoms with van der Waals surface area (Å²) in [5.41, 5.74) is 1.82. The number of aromatic amines is 2. The number of aromatic nitrogens is 2. The molecule has 102 valence electrons. The fourth-order valence-corrected chi connectivity index (χ4v) is 3.53. The highest BCUT2D eigenvalue weighted by Gasteiger charge is 2.12. The molecule has 1 aromatic carbocycles. The Labute approximate surface area is 122 Å². The molecule has 0 bridgehead atoms. The predicted octanol–water partition coefficient (Wildman–Crippen LogP) is 3.10. The number of H-pyrrole nitrogens is 2. The van der Waals surface area contributed by atoms with Gasteiger partial charge in [0.25, 0.3) is 5.56 Å². The van der Waals surface area contributed by atoms with E-state index in [1.54, 1.807) is 6.07 Å². The molecule has 0 saturated heterocycles. The number of fused-ring (bicyclic) bond motifs is 2. The van der Waals surface area contributed by atoms with Crippen LogP contribution in [0.25, 0.3) is 31.6 Å². The van der Waals surface area contributed by atoms with Crippen LogP contribution in [0.4, 0.5) is 0 Å². The highest BCUT2D eigenvalue weighted by atomic mass is 32.1. The van der Waals surface area contributed by atoms with Gasteiger partial charge in [0.1, 0.15) is 5.39 Å². The molecule has 0 aliphatic carbocycles. The molecule has 0 aliphatic heterocycles. The summed E-state index contributed by atoms with van der Waals surface area (Å²) in [6.45, 7) is 0. The van der Waals surface area contributed by atoms with Gasteiger partial charge in [0.15, 0.2) is 0 Å². The largest absolute Gasteiger partial charge is 0.353 e. The quantitative estimate of drug-likeness (QED) is 0.566. The third-order valence-electron chi connectivity index (χ3n) is 3.45. The Morgan fingerprint density at radius 2 is 1.76 bits per heavy atom. The lowest BCUT2D eigenvalue weighted by atomic mass is 10.2. The fraction of sp³-hybridized carbons (Fsp3) is 0. The predicted molar refractivity (Wildman–Crippen MR) is 86.0 cm³/mol. The van der Waals surface area contributed by atoms with Gasteiger partial charge in [-0.2, -0.15) is 0 Å². The van der Waals surface area contributed by atoms with Crippen LogP contribution in [-0.2, 0) is 0 Å². The minimum absolute atomic E-state index is 0.187. The van der Waals surface area contributed by atoms with E-state index >= 15 is 0 Å². The van der Waals surface area contributed by atoms with Crippen LogP contribution in [0.1, 0.15) is 0 Å².